The van der Waals surface area contributed by atoms with Gasteiger partial charge in [-0.25, -0.2) is 9.59 Å². The number of para-hydroxylation sites is 4. The molecule has 2 atom stereocenters. The van der Waals surface area contributed by atoms with Crippen molar-refractivity contribution < 1.29 is 66.0 Å². The molecule has 16 nitrogen and oxygen atoms in total. The van der Waals surface area contributed by atoms with E-state index in [-0.39, 0.29) is 113 Å². The van der Waals surface area contributed by atoms with E-state index in [1.54, 1.807) is 84.9 Å². The Morgan fingerprint density at radius 2 is 0.588 bits per heavy atom. The van der Waals surface area contributed by atoms with Gasteiger partial charge in [0.1, 0.15) is 91.9 Å². The van der Waals surface area contributed by atoms with E-state index in [0.717, 1.165) is 64.7 Å². The number of hydrogen-bond acceptors (Lipinski definition) is 14. The molecule has 2 unspecified atom stereocenters. The molecular formula is C98H70N2O14. The Morgan fingerprint density at radius 3 is 0.895 bits per heavy atom. The number of furan rings is 2. The fraction of sp³-hybridized carbons (Fsp3) is 0.122. The minimum absolute atomic E-state index is 0.0472. The van der Waals surface area contributed by atoms with Crippen LogP contribution in [0.4, 0.5) is 0 Å². The third-order valence-electron chi connectivity index (χ3n) is 22.0. The van der Waals surface area contributed by atoms with Crippen LogP contribution in [0.15, 0.2) is 251 Å². The predicted molar refractivity (Wildman–Crippen MR) is 439 cm³/mol. The van der Waals surface area contributed by atoms with Gasteiger partial charge >= 0.3 is 11.9 Å². The quantitative estimate of drug-likeness (QED) is 0.0259. The number of nitrogens with zero attached hydrogens (tertiary/aromatic N) is 2. The molecule has 0 saturated heterocycles. The number of esters is 2. The summed E-state index contributed by atoms with van der Waals surface area (Å²) in [6.07, 6.45) is -0.515. The molecule has 0 saturated carbocycles. The van der Waals surface area contributed by atoms with Gasteiger partial charge in [0.15, 0.2) is 0 Å². The SMILES string of the molecule is Cc1ccc(Oc2cc3c4c(cc(Oc5ccc(C)cc5)c5c6c(Oc7ccc(C)cc7)cc7c8c(cc(Oc9ccc(C)cc9)c(c2c45)c86)C(=O)N(C(Cc2cccc4c2oc2ccccc24)C(=O)Oc2ccc(C)cc2C)C7=O)C(=O)N(C(Cc2cccc4c2oc2ccccc24)C(=O)Oc2ccc(C)cc2C)C3=O)cc1. The van der Waals surface area contributed by atoms with Crippen LogP contribution in [0, 0.1) is 55.4 Å². The van der Waals surface area contributed by atoms with Crippen molar-refractivity contribution in [3.8, 4) is 57.5 Å². The van der Waals surface area contributed by atoms with E-state index >= 15 is 28.8 Å². The molecule has 2 aliphatic rings. The molecule has 0 aliphatic carbocycles. The lowest BCUT2D eigenvalue weighted by Gasteiger charge is -2.35. The average molecular weight is 1500 g/mol. The first-order valence-electron chi connectivity index (χ1n) is 37.7. The number of hydrogen-bond donors (Lipinski definition) is 0. The number of aryl methyl sites for hydroxylation is 8. The Labute approximate surface area is 653 Å². The van der Waals surface area contributed by atoms with E-state index in [1.807, 2.05) is 213 Å². The molecule has 16 heteroatoms. The van der Waals surface area contributed by atoms with E-state index in [0.29, 0.717) is 67.6 Å². The molecule has 2 aromatic heterocycles. The van der Waals surface area contributed by atoms with Crippen LogP contribution in [-0.2, 0) is 22.4 Å². The van der Waals surface area contributed by atoms with Crippen LogP contribution in [0.3, 0.4) is 0 Å². The number of ether oxygens (including phenoxy) is 6. The molecule has 4 amide bonds. The fourth-order valence-corrected chi connectivity index (χ4v) is 16.5. The fourth-order valence-electron chi connectivity index (χ4n) is 16.5. The summed E-state index contributed by atoms with van der Waals surface area (Å²) >= 11 is 0. The molecule has 114 heavy (non-hydrogen) atoms. The van der Waals surface area contributed by atoms with Crippen molar-refractivity contribution in [3.63, 3.8) is 0 Å². The van der Waals surface area contributed by atoms with Crippen molar-refractivity contribution in [2.24, 2.45) is 0 Å². The number of carbonyl (C=O) groups excluding carboxylic acids is 6. The maximum Gasteiger partial charge on any atom is 0.335 e. The normalized spacial score (nSPS) is 13.4. The highest BCUT2D eigenvalue weighted by molar-refractivity contribution is 6.45. The largest absolute Gasteiger partial charge is 0.457 e. The van der Waals surface area contributed by atoms with Crippen molar-refractivity contribution in [2.45, 2.75) is 80.3 Å². The van der Waals surface area contributed by atoms with Crippen molar-refractivity contribution in [3.05, 3.63) is 321 Å². The maximum atomic E-state index is 16.9. The zero-order valence-corrected chi connectivity index (χ0v) is 63.3. The number of amides is 4. The van der Waals surface area contributed by atoms with Crippen LogP contribution in [0.2, 0.25) is 0 Å². The maximum absolute atomic E-state index is 16.9. The van der Waals surface area contributed by atoms with Crippen molar-refractivity contribution in [1.82, 2.24) is 9.80 Å². The van der Waals surface area contributed by atoms with Crippen LogP contribution in [0.5, 0.6) is 57.5 Å². The van der Waals surface area contributed by atoms with E-state index in [1.165, 1.54) is 0 Å². The number of rotatable bonds is 18. The molecule has 15 aromatic carbocycles. The smallest absolute Gasteiger partial charge is 0.335 e. The van der Waals surface area contributed by atoms with Crippen LogP contribution in [0.1, 0.15) is 97.1 Å². The molecule has 0 bridgehead atoms. The standard InChI is InChI=1S/C98H70N2O14/c1-51-23-33-61(34-24-51)107-79-47-69-83-70(94(102)99(93(69)101)73(97(105)113-75-41-31-55(5)43-57(75)7)45-59-15-13-19-67-65-17-9-11-21-77(65)111-91(59)67)49-81(109-63-37-27-53(3)28-38-63)87-88-82(110-64-39-29-54(4)30-40-64)50-72-84-71(48-80(86(90(84)88)85(79)89(83)87)108-62-35-25-52(2)26-36-62)95(103)100(96(72)104)74(98(106)114-76-42-32-56(6)44-58(76)8)46-60-16-14-20-68-66-18-10-12-22-78(66)112-92(60)68/h9-44,47-50,73-74H,45-46H2,1-8H3. The Hall–Kier alpha value is -14.4. The number of imide groups is 2. The second kappa shape index (κ2) is 27.3. The summed E-state index contributed by atoms with van der Waals surface area (Å²) in [5.74, 6) is -3.30. The lowest BCUT2D eigenvalue weighted by Crippen LogP contribution is -2.53. The molecule has 2 aliphatic heterocycles. The highest BCUT2D eigenvalue weighted by Crippen LogP contribution is 2.59. The van der Waals surface area contributed by atoms with Crippen molar-refractivity contribution >= 4 is 123 Å². The summed E-state index contributed by atoms with van der Waals surface area (Å²) in [4.78, 5) is 101. The third-order valence-corrected chi connectivity index (χ3v) is 22.0. The van der Waals surface area contributed by atoms with E-state index in [2.05, 4.69) is 0 Å². The minimum Gasteiger partial charge on any atom is -0.457 e. The van der Waals surface area contributed by atoms with E-state index in [4.69, 9.17) is 37.3 Å². The van der Waals surface area contributed by atoms with Gasteiger partial charge in [-0.3, -0.25) is 29.0 Å². The van der Waals surface area contributed by atoms with Gasteiger partial charge in [-0.1, -0.05) is 179 Å². The lowest BCUT2D eigenvalue weighted by atomic mass is 9.80. The minimum atomic E-state index is -1.66. The predicted octanol–water partition coefficient (Wildman–Crippen LogP) is 22.8. The summed E-state index contributed by atoms with van der Waals surface area (Å²) in [5.41, 5.74) is 9.76. The summed E-state index contributed by atoms with van der Waals surface area (Å²) in [7, 11) is 0. The van der Waals surface area contributed by atoms with Crippen molar-refractivity contribution in [1.29, 1.82) is 0 Å². The lowest BCUT2D eigenvalue weighted by molar-refractivity contribution is -0.139. The first-order valence-corrected chi connectivity index (χ1v) is 37.7. The van der Waals surface area contributed by atoms with Crippen LogP contribution < -0.4 is 28.4 Å². The molecular weight excluding hydrogens is 1430 g/mol. The highest BCUT2D eigenvalue weighted by Gasteiger charge is 2.48. The Kier molecular flexibility index (Phi) is 16.8. The molecule has 17 aromatic rings. The second-order valence-electron chi connectivity index (χ2n) is 29.9. The van der Waals surface area contributed by atoms with Gasteiger partial charge in [0, 0.05) is 77.5 Å². The van der Waals surface area contributed by atoms with Crippen LogP contribution >= 0.6 is 0 Å². The Morgan fingerprint density at radius 1 is 0.298 bits per heavy atom. The summed E-state index contributed by atoms with van der Waals surface area (Å²) in [5, 5.41) is 4.99. The topological polar surface area (TPSA) is 191 Å². The van der Waals surface area contributed by atoms with Gasteiger partial charge in [0.25, 0.3) is 23.6 Å². The Bertz CT molecular complexity index is 6330. The van der Waals surface area contributed by atoms with Crippen LogP contribution in [-0.4, -0.2) is 57.5 Å². The zero-order chi connectivity index (χ0) is 78.2. The molecule has 4 heterocycles. The monoisotopic (exact) mass is 1500 g/mol. The summed E-state index contributed by atoms with van der Waals surface area (Å²) in [6, 6.07) is 69.5. The number of carbonyl (C=O) groups is 6. The highest BCUT2D eigenvalue weighted by atomic mass is 16.5. The van der Waals surface area contributed by atoms with E-state index < -0.39 is 47.7 Å². The van der Waals surface area contributed by atoms with Gasteiger partial charge in [-0.05, 0) is 175 Å². The van der Waals surface area contributed by atoms with Gasteiger partial charge < -0.3 is 37.3 Å². The Balaban J connectivity index is 0.911. The van der Waals surface area contributed by atoms with Gasteiger partial charge in [-0.15, -0.1) is 0 Å². The molecule has 0 fully saturated rings. The van der Waals surface area contributed by atoms with Gasteiger partial charge in [0.2, 0.25) is 0 Å². The number of fused-ring (bicyclic) bond motifs is 8. The molecule has 556 valence electrons. The van der Waals surface area contributed by atoms with Gasteiger partial charge in [0.05, 0.1) is 22.3 Å². The first-order chi connectivity index (χ1) is 55.2. The van der Waals surface area contributed by atoms with Gasteiger partial charge in [-0.2, -0.15) is 0 Å². The summed E-state index contributed by atoms with van der Waals surface area (Å²) in [6.45, 7) is 15.3. The molecule has 0 spiro atoms. The van der Waals surface area contributed by atoms with Crippen molar-refractivity contribution in [2.75, 3.05) is 0 Å². The molecule has 0 radical (unpaired) electrons. The summed E-state index contributed by atoms with van der Waals surface area (Å²) < 4.78 is 55.3. The number of benzene rings is 15. The van der Waals surface area contributed by atoms with E-state index in [9.17, 15) is 0 Å². The van der Waals surface area contributed by atoms with Crippen LogP contribution in [0.25, 0.3) is 87.0 Å². The molecule has 19 rings (SSSR count). The molecule has 0 N–H and O–H groups in total. The zero-order valence-electron chi connectivity index (χ0n) is 63.3. The average Bonchev–Trinajstić information content (AvgIpc) is 0.773. The second-order valence-corrected chi connectivity index (χ2v) is 29.9. The first kappa shape index (κ1) is 70.0. The third kappa shape index (κ3) is 11.8.